The predicted molar refractivity (Wildman–Crippen MR) is 137 cm³/mol. The van der Waals surface area contributed by atoms with Crippen LogP contribution < -0.4 is 5.32 Å². The number of rotatable bonds is 4. The second-order valence-electron chi connectivity index (χ2n) is 11.4. The Morgan fingerprint density at radius 1 is 0.865 bits per heavy atom. The second kappa shape index (κ2) is 10.8. The Hall–Kier alpha value is -2.94. The number of hydrogen-bond donors (Lipinski definition) is 2. The van der Waals surface area contributed by atoms with Crippen molar-refractivity contribution >= 4 is 23.8 Å². The fourth-order valence-electron chi connectivity index (χ4n) is 6.70. The van der Waals surface area contributed by atoms with Crippen LogP contribution in [0.25, 0.3) is 0 Å². The summed E-state index contributed by atoms with van der Waals surface area (Å²) in [5.41, 5.74) is 1.85. The van der Waals surface area contributed by atoms with Crippen molar-refractivity contribution in [3.63, 3.8) is 0 Å². The molecule has 5 rings (SSSR count). The molecule has 1 saturated carbocycles. The number of benzene rings is 1. The van der Waals surface area contributed by atoms with Gasteiger partial charge in [-0.1, -0.05) is 12.1 Å². The number of piperazine rings is 1. The van der Waals surface area contributed by atoms with E-state index in [9.17, 15) is 19.2 Å². The topological polar surface area (TPSA) is 110 Å². The first-order chi connectivity index (χ1) is 17.8. The fraction of sp³-hybridized carbons (Fsp3) is 0.643. The van der Waals surface area contributed by atoms with E-state index in [1.54, 1.807) is 0 Å². The van der Waals surface area contributed by atoms with Crippen LogP contribution in [0.5, 0.6) is 0 Å². The Kier molecular flexibility index (Phi) is 7.51. The molecule has 4 aliphatic rings. The number of carbonyl (C=O) groups excluding carboxylic acids is 3. The first-order valence-corrected chi connectivity index (χ1v) is 13.8. The summed E-state index contributed by atoms with van der Waals surface area (Å²) in [6.07, 6.45) is 7.02. The lowest BCUT2D eigenvalue weighted by Crippen LogP contribution is -2.50. The Balaban J connectivity index is 1.07. The molecule has 1 aliphatic carbocycles. The van der Waals surface area contributed by atoms with Crippen molar-refractivity contribution in [3.8, 4) is 0 Å². The van der Waals surface area contributed by atoms with Crippen LogP contribution in [-0.4, -0.2) is 89.4 Å². The van der Waals surface area contributed by atoms with Crippen molar-refractivity contribution in [2.75, 3.05) is 45.8 Å². The Bertz CT molecular complexity index is 1020. The third kappa shape index (κ3) is 5.81. The van der Waals surface area contributed by atoms with Crippen LogP contribution in [0.4, 0.5) is 4.79 Å². The molecule has 1 aromatic rings. The molecule has 37 heavy (non-hydrogen) atoms. The van der Waals surface area contributed by atoms with E-state index in [1.807, 2.05) is 29.2 Å². The van der Waals surface area contributed by atoms with Gasteiger partial charge in [-0.3, -0.25) is 24.6 Å². The number of carbonyl (C=O) groups is 4. The van der Waals surface area contributed by atoms with E-state index in [0.717, 1.165) is 51.1 Å². The first kappa shape index (κ1) is 25.7. The number of imide groups is 1. The number of hydrogen-bond acceptors (Lipinski definition) is 5. The minimum atomic E-state index is -0.812. The Morgan fingerprint density at radius 3 is 2.11 bits per heavy atom. The van der Waals surface area contributed by atoms with Gasteiger partial charge >= 0.3 is 6.09 Å². The van der Waals surface area contributed by atoms with Gasteiger partial charge in [0.15, 0.2) is 0 Å². The molecule has 0 radical (unpaired) electrons. The van der Waals surface area contributed by atoms with Gasteiger partial charge in [0.05, 0.1) is 5.92 Å². The summed E-state index contributed by atoms with van der Waals surface area (Å²) in [6, 6.07) is 7.32. The van der Waals surface area contributed by atoms with E-state index in [2.05, 4.69) is 10.2 Å². The Labute approximate surface area is 218 Å². The molecule has 9 nitrogen and oxygen atoms in total. The van der Waals surface area contributed by atoms with E-state index >= 15 is 0 Å². The molecule has 4 amide bonds. The summed E-state index contributed by atoms with van der Waals surface area (Å²) in [7, 11) is 0. The average molecular weight is 511 g/mol. The molecule has 4 fully saturated rings. The molecule has 1 spiro atoms. The molecular weight excluding hydrogens is 472 g/mol. The van der Waals surface area contributed by atoms with Crippen molar-refractivity contribution in [3.05, 3.63) is 35.4 Å². The second-order valence-corrected chi connectivity index (χ2v) is 11.4. The molecule has 1 unspecified atom stereocenters. The van der Waals surface area contributed by atoms with Crippen LogP contribution in [0.1, 0.15) is 73.2 Å². The predicted octanol–water partition coefficient (Wildman–Crippen LogP) is 2.92. The van der Waals surface area contributed by atoms with Crippen LogP contribution in [0.3, 0.4) is 0 Å². The van der Waals surface area contributed by atoms with Gasteiger partial charge in [0, 0.05) is 57.8 Å². The van der Waals surface area contributed by atoms with Gasteiger partial charge in [-0.15, -0.1) is 0 Å². The molecule has 1 aromatic carbocycles. The maximum Gasteiger partial charge on any atom is 0.407 e. The number of amides is 4. The summed E-state index contributed by atoms with van der Waals surface area (Å²) < 4.78 is 0. The maximum atomic E-state index is 13.2. The van der Waals surface area contributed by atoms with E-state index in [4.69, 9.17) is 5.11 Å². The standard InChI is InChI=1S/C28H38N4O5/c33-24-6-5-23(25(34)29-24)21-1-3-22(4-2-21)26(35)31-13-11-28(12-14-31)9-7-20(8-10-28)19-30-15-17-32(18-16-30)27(36)37/h1-4,20,23H,5-19H2,(H,36,37)(H,29,33,34). The largest absolute Gasteiger partial charge is 0.465 e. The van der Waals surface area contributed by atoms with Gasteiger partial charge in [-0.2, -0.15) is 0 Å². The summed E-state index contributed by atoms with van der Waals surface area (Å²) in [5.74, 6) is -0.0721. The average Bonchev–Trinajstić information content (AvgIpc) is 2.91. The molecule has 2 N–H and O–H groups in total. The van der Waals surface area contributed by atoms with Gasteiger partial charge in [-0.25, -0.2) is 4.79 Å². The van der Waals surface area contributed by atoms with Crippen molar-refractivity contribution in [1.29, 1.82) is 0 Å². The first-order valence-electron chi connectivity index (χ1n) is 13.8. The summed E-state index contributed by atoms with van der Waals surface area (Å²) in [4.78, 5) is 53.7. The van der Waals surface area contributed by atoms with E-state index < -0.39 is 6.09 Å². The lowest BCUT2D eigenvalue weighted by molar-refractivity contribution is -0.134. The minimum absolute atomic E-state index is 0.0545. The van der Waals surface area contributed by atoms with E-state index in [1.165, 1.54) is 30.6 Å². The molecule has 0 aromatic heterocycles. The van der Waals surface area contributed by atoms with E-state index in [0.29, 0.717) is 42.8 Å². The lowest BCUT2D eigenvalue weighted by atomic mass is 9.65. The van der Waals surface area contributed by atoms with Crippen LogP contribution in [0, 0.1) is 11.3 Å². The quantitative estimate of drug-likeness (QED) is 0.603. The highest BCUT2D eigenvalue weighted by atomic mass is 16.4. The van der Waals surface area contributed by atoms with Gasteiger partial charge in [-0.05, 0) is 74.0 Å². The molecule has 9 heteroatoms. The van der Waals surface area contributed by atoms with Crippen LogP contribution in [0.15, 0.2) is 24.3 Å². The SMILES string of the molecule is O=C1CCC(c2ccc(C(=O)N3CCC4(CCC(CN5CCN(C(=O)O)CC5)CC4)CC3)cc2)C(=O)N1. The Morgan fingerprint density at radius 2 is 1.51 bits per heavy atom. The van der Waals surface area contributed by atoms with Crippen LogP contribution in [0.2, 0.25) is 0 Å². The van der Waals surface area contributed by atoms with Crippen molar-refractivity contribution < 1.29 is 24.3 Å². The monoisotopic (exact) mass is 510 g/mol. The van der Waals surface area contributed by atoms with Gasteiger partial charge in [0.25, 0.3) is 5.91 Å². The number of piperidine rings is 2. The van der Waals surface area contributed by atoms with E-state index in [-0.39, 0.29) is 23.6 Å². The smallest absolute Gasteiger partial charge is 0.407 e. The summed E-state index contributed by atoms with van der Waals surface area (Å²) in [5, 5.41) is 11.5. The van der Waals surface area contributed by atoms with Crippen molar-refractivity contribution in [1.82, 2.24) is 20.0 Å². The van der Waals surface area contributed by atoms with Gasteiger partial charge < -0.3 is 14.9 Å². The van der Waals surface area contributed by atoms with Crippen LogP contribution >= 0.6 is 0 Å². The maximum absolute atomic E-state index is 13.2. The highest BCUT2D eigenvalue weighted by Gasteiger charge is 2.39. The number of carboxylic acid groups (broad SMARTS) is 1. The zero-order valence-electron chi connectivity index (χ0n) is 21.5. The molecule has 0 bridgehead atoms. The van der Waals surface area contributed by atoms with Gasteiger partial charge in [0.1, 0.15) is 0 Å². The minimum Gasteiger partial charge on any atom is -0.465 e. The molecule has 200 valence electrons. The summed E-state index contributed by atoms with van der Waals surface area (Å²) >= 11 is 0. The fourth-order valence-corrected chi connectivity index (χ4v) is 6.70. The zero-order chi connectivity index (χ0) is 26.0. The third-order valence-electron chi connectivity index (χ3n) is 9.24. The van der Waals surface area contributed by atoms with Crippen molar-refractivity contribution in [2.24, 2.45) is 11.3 Å². The van der Waals surface area contributed by atoms with Crippen molar-refractivity contribution in [2.45, 2.75) is 57.3 Å². The molecule has 3 heterocycles. The number of nitrogens with one attached hydrogen (secondary N) is 1. The highest BCUT2D eigenvalue weighted by molar-refractivity contribution is 6.01. The molecule has 3 aliphatic heterocycles. The van der Waals surface area contributed by atoms with Crippen LogP contribution in [-0.2, 0) is 9.59 Å². The number of nitrogens with zero attached hydrogens (tertiary/aromatic N) is 3. The van der Waals surface area contributed by atoms with Gasteiger partial charge in [0.2, 0.25) is 11.8 Å². The number of likely N-dealkylation sites (tertiary alicyclic amines) is 1. The zero-order valence-corrected chi connectivity index (χ0v) is 21.5. The highest BCUT2D eigenvalue weighted by Crippen LogP contribution is 2.46. The third-order valence-corrected chi connectivity index (χ3v) is 9.24. The normalized spacial score (nSPS) is 25.2. The summed E-state index contributed by atoms with van der Waals surface area (Å²) in [6.45, 7) is 5.53. The molecule has 3 saturated heterocycles. The molecule has 1 atom stereocenters. The molecular formula is C28H38N4O5. The lowest BCUT2D eigenvalue weighted by Gasteiger charge is -2.47.